The fourth-order valence-electron chi connectivity index (χ4n) is 4.24. The summed E-state index contributed by atoms with van der Waals surface area (Å²) in [6, 6.07) is 13.1. The van der Waals surface area contributed by atoms with Crippen LogP contribution in [0.5, 0.6) is 5.75 Å². The zero-order chi connectivity index (χ0) is 21.9. The van der Waals surface area contributed by atoms with Gasteiger partial charge in [-0.2, -0.15) is 0 Å². The van der Waals surface area contributed by atoms with Gasteiger partial charge in [0.1, 0.15) is 5.75 Å². The largest absolute Gasteiger partial charge is 0.496 e. The first-order chi connectivity index (χ1) is 15.7. The first-order valence-electron chi connectivity index (χ1n) is 10.9. The van der Waals surface area contributed by atoms with Crippen LogP contribution < -0.4 is 10.1 Å². The quantitative estimate of drug-likeness (QED) is 0.759. The second kappa shape index (κ2) is 8.96. The number of ether oxygens (including phenoxy) is 2. The van der Waals surface area contributed by atoms with Crippen LogP contribution in [-0.2, 0) is 11.3 Å². The molecule has 0 spiro atoms. The van der Waals surface area contributed by atoms with Crippen molar-refractivity contribution in [2.24, 2.45) is 9.98 Å². The molecular weight excluding hydrogens is 404 g/mol. The number of hydrogen-bond donors (Lipinski definition) is 1. The molecule has 2 atom stereocenters. The molecule has 3 aliphatic heterocycles. The molecular formula is C25H26N4O3. The zero-order valence-corrected chi connectivity index (χ0v) is 18.0. The van der Waals surface area contributed by atoms with Gasteiger partial charge in [0.25, 0.3) is 5.91 Å². The molecule has 7 nitrogen and oxygen atoms in total. The van der Waals surface area contributed by atoms with E-state index in [-0.39, 0.29) is 18.2 Å². The van der Waals surface area contributed by atoms with Crippen molar-refractivity contribution in [1.29, 1.82) is 0 Å². The van der Waals surface area contributed by atoms with Gasteiger partial charge in [0.2, 0.25) is 5.90 Å². The maximum Gasteiger partial charge on any atom is 0.255 e. The molecule has 2 aromatic rings. The molecule has 0 radical (unpaired) electrons. The number of aliphatic imine (C=N–C) groups is 2. The van der Waals surface area contributed by atoms with Crippen LogP contribution in [0.1, 0.15) is 34.3 Å². The van der Waals surface area contributed by atoms with Crippen LogP contribution in [0.3, 0.4) is 0 Å². The lowest BCUT2D eigenvalue weighted by Crippen LogP contribution is -2.20. The second-order valence-corrected chi connectivity index (χ2v) is 8.16. The van der Waals surface area contributed by atoms with Crippen molar-refractivity contribution in [3.8, 4) is 5.75 Å². The highest BCUT2D eigenvalue weighted by molar-refractivity contribution is 6.05. The number of carbonyl (C=O) groups excluding carboxylic acids is 1. The highest BCUT2D eigenvalue weighted by Crippen LogP contribution is 2.26. The Kier molecular flexibility index (Phi) is 5.73. The minimum atomic E-state index is -0.236. The standard InChI is InChI=1S/C25H26N4O3/c1-31-22-15-17(9-10-19(22)16-29-12-2-3-13-29)24(30)27-20-7-4-6-18(14-20)25-28-23-21(32-25)8-5-11-26-23/h4-11,14-15,21,23H,2-3,12-13,16H2,1H3,(H,27,30). The van der Waals surface area contributed by atoms with Crippen molar-refractivity contribution < 1.29 is 14.3 Å². The highest BCUT2D eigenvalue weighted by atomic mass is 16.5. The number of amides is 1. The number of fused-ring (bicyclic) bond motifs is 1. The summed E-state index contributed by atoms with van der Waals surface area (Å²) in [5.74, 6) is 1.08. The molecule has 1 N–H and O–H groups in total. The average molecular weight is 431 g/mol. The second-order valence-electron chi connectivity index (χ2n) is 8.16. The molecule has 1 saturated heterocycles. The zero-order valence-electron chi connectivity index (χ0n) is 18.0. The van der Waals surface area contributed by atoms with E-state index in [2.05, 4.69) is 20.2 Å². The Hall–Kier alpha value is -3.45. The van der Waals surface area contributed by atoms with E-state index in [1.54, 1.807) is 13.3 Å². The van der Waals surface area contributed by atoms with Crippen molar-refractivity contribution in [1.82, 2.24) is 4.90 Å². The van der Waals surface area contributed by atoms with Crippen LogP contribution in [0.2, 0.25) is 0 Å². The van der Waals surface area contributed by atoms with Crippen LogP contribution in [0.25, 0.3) is 0 Å². The van der Waals surface area contributed by atoms with Crippen molar-refractivity contribution in [2.75, 3.05) is 25.5 Å². The van der Waals surface area contributed by atoms with Crippen LogP contribution in [0, 0.1) is 0 Å². The Balaban J connectivity index is 1.29. The fraction of sp³-hybridized carbons (Fsp3) is 0.320. The number of nitrogens with one attached hydrogen (secondary N) is 1. The molecule has 1 amide bonds. The molecule has 2 aromatic carbocycles. The SMILES string of the molecule is COc1cc(C(=O)Nc2cccc(C3=NC4N=CC=CC4O3)c2)ccc1CN1CCCC1. The number of likely N-dealkylation sites (tertiary alicyclic amines) is 1. The first kappa shape index (κ1) is 20.5. The van der Waals surface area contributed by atoms with Gasteiger partial charge >= 0.3 is 0 Å². The molecule has 3 heterocycles. The molecule has 2 unspecified atom stereocenters. The van der Waals surface area contributed by atoms with Gasteiger partial charge in [0.05, 0.1) is 7.11 Å². The van der Waals surface area contributed by atoms with E-state index < -0.39 is 0 Å². The Morgan fingerprint density at radius 2 is 2.09 bits per heavy atom. The summed E-state index contributed by atoms with van der Waals surface area (Å²) in [7, 11) is 1.65. The number of carbonyl (C=O) groups is 1. The lowest BCUT2D eigenvalue weighted by molar-refractivity contribution is 0.102. The number of anilines is 1. The molecule has 32 heavy (non-hydrogen) atoms. The molecule has 7 heteroatoms. The molecule has 3 aliphatic rings. The summed E-state index contributed by atoms with van der Waals surface area (Å²) in [6.07, 6.45) is 7.62. The lowest BCUT2D eigenvalue weighted by atomic mass is 10.1. The third-order valence-electron chi connectivity index (χ3n) is 5.93. The minimum Gasteiger partial charge on any atom is -0.496 e. The summed E-state index contributed by atoms with van der Waals surface area (Å²) in [6.45, 7) is 3.07. The van der Waals surface area contributed by atoms with E-state index >= 15 is 0 Å². The molecule has 0 aromatic heterocycles. The van der Waals surface area contributed by atoms with E-state index in [0.717, 1.165) is 36.5 Å². The first-order valence-corrected chi connectivity index (χ1v) is 10.9. The van der Waals surface area contributed by atoms with E-state index in [1.807, 2.05) is 54.6 Å². The Morgan fingerprint density at radius 3 is 2.91 bits per heavy atom. The number of dihydropyridines is 1. The van der Waals surface area contributed by atoms with Gasteiger partial charge in [-0.25, -0.2) is 4.99 Å². The van der Waals surface area contributed by atoms with E-state index in [1.165, 1.54) is 12.8 Å². The summed E-state index contributed by atoms with van der Waals surface area (Å²) in [4.78, 5) is 24.2. The third-order valence-corrected chi connectivity index (χ3v) is 5.93. The molecule has 0 aliphatic carbocycles. The van der Waals surface area contributed by atoms with Crippen molar-refractivity contribution in [3.05, 3.63) is 71.3 Å². The van der Waals surface area contributed by atoms with Gasteiger partial charge in [-0.3, -0.25) is 14.7 Å². The van der Waals surface area contributed by atoms with Crippen LogP contribution >= 0.6 is 0 Å². The lowest BCUT2D eigenvalue weighted by Gasteiger charge is -2.17. The molecule has 0 bridgehead atoms. The topological polar surface area (TPSA) is 75.5 Å². The summed E-state index contributed by atoms with van der Waals surface area (Å²) in [5.41, 5.74) is 3.13. The van der Waals surface area contributed by atoms with Gasteiger partial charge in [0.15, 0.2) is 12.3 Å². The van der Waals surface area contributed by atoms with Crippen molar-refractivity contribution in [2.45, 2.75) is 31.7 Å². The van der Waals surface area contributed by atoms with Gasteiger partial charge in [0, 0.05) is 35.1 Å². The maximum absolute atomic E-state index is 12.9. The smallest absolute Gasteiger partial charge is 0.255 e. The van der Waals surface area contributed by atoms with Gasteiger partial charge in [-0.15, -0.1) is 0 Å². The Labute approximate surface area is 187 Å². The monoisotopic (exact) mass is 430 g/mol. The van der Waals surface area contributed by atoms with E-state index in [4.69, 9.17) is 9.47 Å². The van der Waals surface area contributed by atoms with E-state index in [0.29, 0.717) is 17.1 Å². The third kappa shape index (κ3) is 4.29. The summed E-state index contributed by atoms with van der Waals surface area (Å²) in [5, 5.41) is 2.97. The fourth-order valence-corrected chi connectivity index (χ4v) is 4.24. The number of rotatable bonds is 6. The van der Waals surface area contributed by atoms with Gasteiger partial charge < -0.3 is 14.8 Å². The van der Waals surface area contributed by atoms with Crippen molar-refractivity contribution >= 4 is 23.7 Å². The number of hydrogen-bond acceptors (Lipinski definition) is 6. The Bertz CT molecular complexity index is 1100. The highest BCUT2D eigenvalue weighted by Gasteiger charge is 2.30. The summed E-state index contributed by atoms with van der Waals surface area (Å²) < 4.78 is 11.5. The minimum absolute atomic E-state index is 0.167. The van der Waals surface area contributed by atoms with Crippen LogP contribution in [0.4, 0.5) is 5.69 Å². The average Bonchev–Trinajstić information content (AvgIpc) is 3.49. The summed E-state index contributed by atoms with van der Waals surface area (Å²) >= 11 is 0. The maximum atomic E-state index is 12.9. The molecule has 164 valence electrons. The van der Waals surface area contributed by atoms with Gasteiger partial charge in [-0.1, -0.05) is 12.1 Å². The molecule has 0 saturated carbocycles. The van der Waals surface area contributed by atoms with Crippen LogP contribution in [-0.4, -0.2) is 55.4 Å². The number of benzene rings is 2. The number of methoxy groups -OCH3 is 1. The van der Waals surface area contributed by atoms with E-state index in [9.17, 15) is 4.79 Å². The predicted octanol–water partition coefficient (Wildman–Crippen LogP) is 3.66. The normalized spacial score (nSPS) is 21.7. The predicted molar refractivity (Wildman–Crippen MR) is 125 cm³/mol. The van der Waals surface area contributed by atoms with Gasteiger partial charge in [-0.05, 0) is 68.4 Å². The Morgan fingerprint density at radius 1 is 1.22 bits per heavy atom. The number of allylic oxidation sites excluding steroid dienone is 1. The van der Waals surface area contributed by atoms with Crippen LogP contribution in [0.15, 0.2) is 64.6 Å². The molecule has 1 fully saturated rings. The molecule has 5 rings (SSSR count). The van der Waals surface area contributed by atoms with Crippen molar-refractivity contribution in [3.63, 3.8) is 0 Å². The number of nitrogens with zero attached hydrogens (tertiary/aromatic N) is 3.